The molecular formula is C39H45ClO7Si. The first-order valence-electron chi connectivity index (χ1n) is 16.5. The summed E-state index contributed by atoms with van der Waals surface area (Å²) < 4.78 is 17.7. The Kier molecular flexibility index (Phi) is 11.5. The minimum absolute atomic E-state index is 0.354. The van der Waals surface area contributed by atoms with E-state index in [0.717, 1.165) is 27.2 Å². The molecular weight excluding hydrogens is 644 g/mol. The molecule has 0 saturated carbocycles. The minimum atomic E-state index is -3.34. The van der Waals surface area contributed by atoms with Gasteiger partial charge in [0.15, 0.2) is 6.10 Å². The Labute approximate surface area is 289 Å². The molecule has 4 aromatic rings. The highest BCUT2D eigenvalue weighted by atomic mass is 35.5. The van der Waals surface area contributed by atoms with E-state index in [4.69, 9.17) is 25.8 Å². The number of hydrogen-bond donors (Lipinski definition) is 3. The highest BCUT2D eigenvalue weighted by Gasteiger charge is 2.52. The molecule has 7 nitrogen and oxygen atoms in total. The lowest BCUT2D eigenvalue weighted by Gasteiger charge is -2.45. The van der Waals surface area contributed by atoms with E-state index in [-0.39, 0.29) is 0 Å². The van der Waals surface area contributed by atoms with Crippen molar-refractivity contribution in [1.82, 2.24) is 0 Å². The van der Waals surface area contributed by atoms with Gasteiger partial charge in [0.25, 0.3) is 8.32 Å². The van der Waals surface area contributed by atoms with Gasteiger partial charge in [-0.3, -0.25) is 4.79 Å². The fraction of sp³-hybridized carbons (Fsp3) is 0.359. The van der Waals surface area contributed by atoms with Crippen molar-refractivity contribution in [1.29, 1.82) is 0 Å². The van der Waals surface area contributed by atoms with Gasteiger partial charge in [0, 0.05) is 11.9 Å². The second-order valence-corrected chi connectivity index (χ2v) is 17.5. The summed E-state index contributed by atoms with van der Waals surface area (Å²) in [5.41, 5.74) is 2.52. The Morgan fingerprint density at radius 1 is 0.896 bits per heavy atom. The number of esters is 1. The zero-order valence-electron chi connectivity index (χ0n) is 27.9. The van der Waals surface area contributed by atoms with E-state index in [2.05, 4.69) is 13.8 Å². The lowest BCUT2D eigenvalue weighted by molar-refractivity contribution is -0.236. The molecule has 1 saturated heterocycles. The summed E-state index contributed by atoms with van der Waals surface area (Å²) in [6.07, 6.45) is -4.14. The molecule has 1 heterocycles. The molecule has 0 spiro atoms. The molecule has 5 atom stereocenters. The van der Waals surface area contributed by atoms with E-state index < -0.39 is 49.8 Å². The predicted octanol–water partition coefficient (Wildman–Crippen LogP) is 5.74. The number of benzene rings is 4. The van der Waals surface area contributed by atoms with E-state index in [0.29, 0.717) is 36.5 Å². The van der Waals surface area contributed by atoms with Gasteiger partial charge in [-0.25, -0.2) is 0 Å². The van der Waals surface area contributed by atoms with E-state index in [9.17, 15) is 19.8 Å². The van der Waals surface area contributed by atoms with E-state index in [1.54, 1.807) is 12.1 Å². The number of aliphatic hydroxyl groups excluding tert-OH is 2. The maximum atomic E-state index is 12.7. The Hall–Kier alpha value is -3.50. The van der Waals surface area contributed by atoms with E-state index in [1.165, 1.54) is 6.92 Å². The molecule has 48 heavy (non-hydrogen) atoms. The van der Waals surface area contributed by atoms with Crippen molar-refractivity contribution in [3.05, 3.63) is 125 Å². The molecule has 1 aliphatic rings. The molecule has 0 aromatic heterocycles. The highest BCUT2D eigenvalue weighted by Crippen LogP contribution is 2.43. The summed E-state index contributed by atoms with van der Waals surface area (Å²) in [6.45, 7) is 7.91. The molecule has 5 unspecified atom stereocenters. The first kappa shape index (κ1) is 35.8. The van der Waals surface area contributed by atoms with Gasteiger partial charge in [0.1, 0.15) is 24.1 Å². The Bertz CT molecular complexity index is 1610. The molecule has 0 bridgehead atoms. The number of carbonyl (C=O) groups excluding carboxylic acids is 1. The van der Waals surface area contributed by atoms with Crippen LogP contribution in [0.4, 0.5) is 0 Å². The molecule has 3 N–H and O–H groups in total. The Morgan fingerprint density at radius 2 is 1.50 bits per heavy atom. The van der Waals surface area contributed by atoms with Crippen LogP contribution in [0.1, 0.15) is 63.3 Å². The largest absolute Gasteiger partial charge is 0.494 e. The SMILES string of the molecule is CCOc1ccc(Cc2cc(C3OC(CCC(C)(C)[Si](O)(c4ccccc4)c4ccccc4)C(OC(C)=O)C(O)C3O)ccc2Cl)cc1. The normalized spacial score (nSPS) is 21.5. The molecule has 0 aliphatic carbocycles. The molecule has 9 heteroatoms. The van der Waals surface area contributed by atoms with Crippen LogP contribution in [-0.4, -0.2) is 60.3 Å². The van der Waals surface area contributed by atoms with Crippen LogP contribution in [0.25, 0.3) is 0 Å². The van der Waals surface area contributed by atoms with E-state index in [1.807, 2.05) is 97.9 Å². The van der Waals surface area contributed by atoms with Crippen molar-refractivity contribution in [2.45, 2.75) is 82.5 Å². The first-order valence-corrected chi connectivity index (χ1v) is 18.8. The van der Waals surface area contributed by atoms with Crippen molar-refractivity contribution in [3.8, 4) is 5.75 Å². The summed E-state index contributed by atoms with van der Waals surface area (Å²) in [5, 5.41) is 24.4. The van der Waals surface area contributed by atoms with E-state index >= 15 is 0 Å². The summed E-state index contributed by atoms with van der Waals surface area (Å²) in [4.78, 5) is 24.8. The second kappa shape index (κ2) is 15.4. The quantitative estimate of drug-likeness (QED) is 0.129. The molecule has 4 aromatic carbocycles. The minimum Gasteiger partial charge on any atom is -0.494 e. The summed E-state index contributed by atoms with van der Waals surface area (Å²) >= 11 is 6.63. The number of rotatable bonds is 12. The predicted molar refractivity (Wildman–Crippen MR) is 190 cm³/mol. The fourth-order valence-electron chi connectivity index (χ4n) is 6.77. The van der Waals surface area contributed by atoms with Crippen molar-refractivity contribution in [3.63, 3.8) is 0 Å². The molecule has 254 valence electrons. The average molecular weight is 689 g/mol. The lowest BCUT2D eigenvalue weighted by atomic mass is 9.87. The second-order valence-electron chi connectivity index (χ2n) is 13.1. The highest BCUT2D eigenvalue weighted by molar-refractivity contribution is 6.98. The van der Waals surface area contributed by atoms with Gasteiger partial charge < -0.3 is 29.2 Å². The number of carbonyl (C=O) groups is 1. The molecule has 1 aliphatic heterocycles. The van der Waals surface area contributed by atoms with Crippen LogP contribution < -0.4 is 15.1 Å². The summed E-state index contributed by atoms with van der Waals surface area (Å²) in [5.74, 6) is 0.208. The number of hydrogen-bond acceptors (Lipinski definition) is 7. The van der Waals surface area contributed by atoms with Gasteiger partial charge in [0.2, 0.25) is 0 Å². The maximum Gasteiger partial charge on any atom is 0.303 e. The average Bonchev–Trinajstić information content (AvgIpc) is 3.08. The van der Waals surface area contributed by atoms with Crippen LogP contribution in [0.2, 0.25) is 10.1 Å². The maximum absolute atomic E-state index is 12.7. The van der Waals surface area contributed by atoms with Crippen LogP contribution in [-0.2, 0) is 20.7 Å². The Balaban J connectivity index is 1.42. The van der Waals surface area contributed by atoms with Crippen LogP contribution in [0.3, 0.4) is 0 Å². The van der Waals surface area contributed by atoms with Gasteiger partial charge in [-0.2, -0.15) is 0 Å². The third-order valence-electron chi connectivity index (χ3n) is 9.43. The topological polar surface area (TPSA) is 105 Å². The van der Waals surface area contributed by atoms with Gasteiger partial charge in [0.05, 0.1) is 12.7 Å². The van der Waals surface area contributed by atoms with Gasteiger partial charge in [-0.05, 0) is 76.5 Å². The van der Waals surface area contributed by atoms with Gasteiger partial charge in [-0.1, -0.05) is 110 Å². The number of ether oxygens (including phenoxy) is 3. The van der Waals surface area contributed by atoms with Gasteiger partial charge >= 0.3 is 5.97 Å². The standard InChI is InChI=1S/C39H45ClO7Si/c1-5-45-30-19-16-27(17-20-30)24-29-25-28(18-21-33(29)40)37-35(42)36(43)38(46-26(2)41)34(47-37)22-23-39(3,4)48(44,31-12-8-6-9-13-31)32-14-10-7-11-15-32/h6-21,25,34-38,42-44H,5,22-24H2,1-4H3. The molecule has 0 radical (unpaired) electrons. The van der Waals surface area contributed by atoms with Crippen molar-refractivity contribution >= 4 is 36.3 Å². The molecule has 0 amide bonds. The van der Waals surface area contributed by atoms with Crippen LogP contribution in [0.15, 0.2) is 103 Å². The monoisotopic (exact) mass is 688 g/mol. The smallest absolute Gasteiger partial charge is 0.303 e. The number of aliphatic hydroxyl groups is 2. The third-order valence-corrected chi connectivity index (χ3v) is 14.3. The van der Waals surface area contributed by atoms with Crippen molar-refractivity contribution < 1.29 is 34.0 Å². The third kappa shape index (κ3) is 7.70. The molecule has 1 fully saturated rings. The molecule has 5 rings (SSSR count). The zero-order valence-corrected chi connectivity index (χ0v) is 29.6. The van der Waals surface area contributed by atoms with Crippen LogP contribution >= 0.6 is 11.6 Å². The zero-order chi connectivity index (χ0) is 34.5. The summed E-state index contributed by atoms with van der Waals surface area (Å²) in [7, 11) is -3.34. The van der Waals surface area contributed by atoms with Crippen LogP contribution in [0.5, 0.6) is 5.75 Å². The number of halogens is 1. The summed E-state index contributed by atoms with van der Waals surface area (Å²) in [6, 6.07) is 32.8. The Morgan fingerprint density at radius 3 is 2.06 bits per heavy atom. The first-order chi connectivity index (χ1) is 22.9. The lowest BCUT2D eigenvalue weighted by Crippen LogP contribution is -2.65. The van der Waals surface area contributed by atoms with Crippen molar-refractivity contribution in [2.75, 3.05) is 6.61 Å². The fourth-order valence-corrected chi connectivity index (χ4v) is 10.7. The van der Waals surface area contributed by atoms with Gasteiger partial charge in [-0.15, -0.1) is 0 Å². The van der Waals surface area contributed by atoms with Crippen LogP contribution in [0, 0.1) is 0 Å². The van der Waals surface area contributed by atoms with Crippen molar-refractivity contribution in [2.24, 2.45) is 0 Å².